The summed E-state index contributed by atoms with van der Waals surface area (Å²) in [6, 6.07) is 16.1. The first-order valence-electron chi connectivity index (χ1n) is 8.13. The van der Waals surface area contributed by atoms with E-state index in [1.54, 1.807) is 0 Å². The number of Topliss-reactive ketones (excluding diaryl/α,β-unsaturated/α-hetero) is 1. The molecule has 23 heavy (non-hydrogen) atoms. The summed E-state index contributed by atoms with van der Waals surface area (Å²) in [4.78, 5) is 12.7. The van der Waals surface area contributed by atoms with E-state index in [2.05, 4.69) is 57.2 Å². The first kappa shape index (κ1) is 15.5. The second-order valence-electron chi connectivity index (χ2n) is 6.40. The lowest BCUT2D eigenvalue weighted by atomic mass is 9.80. The number of carbonyl (C=O) groups excluding carboxylic acids is 1. The molecule has 2 aromatic rings. The highest BCUT2D eigenvalue weighted by Gasteiger charge is 2.25. The van der Waals surface area contributed by atoms with Crippen LogP contribution in [0.25, 0.3) is 5.57 Å². The Kier molecular flexibility index (Phi) is 4.29. The number of aryl methyl sites for hydroxylation is 2. The van der Waals surface area contributed by atoms with Crippen molar-refractivity contribution in [2.75, 3.05) is 0 Å². The number of hydrogen-bond donors (Lipinski definition) is 0. The largest absolute Gasteiger partial charge is 0.293 e. The van der Waals surface area contributed by atoms with E-state index in [-0.39, 0.29) is 17.6 Å². The van der Waals surface area contributed by atoms with E-state index in [4.69, 9.17) is 0 Å². The van der Waals surface area contributed by atoms with Crippen molar-refractivity contribution < 1.29 is 4.79 Å². The summed E-state index contributed by atoms with van der Waals surface area (Å²) in [5, 5.41) is 0. The molecule has 2 unspecified atom stereocenters. The Morgan fingerprint density at radius 3 is 2.35 bits per heavy atom. The number of allylic oxidation sites excluding steroid dienone is 4. The van der Waals surface area contributed by atoms with Crippen molar-refractivity contribution in [2.24, 2.45) is 11.8 Å². The van der Waals surface area contributed by atoms with Gasteiger partial charge in [0.25, 0.3) is 0 Å². The maximum Gasteiger partial charge on any atom is 0.170 e. The number of rotatable bonds is 3. The summed E-state index contributed by atoms with van der Waals surface area (Å²) in [7, 11) is 0. The van der Waals surface area contributed by atoms with Crippen molar-refractivity contribution >= 4 is 11.4 Å². The fourth-order valence-corrected chi connectivity index (χ4v) is 3.06. The minimum Gasteiger partial charge on any atom is -0.293 e. The lowest BCUT2D eigenvalue weighted by Gasteiger charge is -2.22. The van der Waals surface area contributed by atoms with Gasteiger partial charge in [0.1, 0.15) is 0 Å². The van der Waals surface area contributed by atoms with E-state index in [1.165, 1.54) is 22.3 Å². The van der Waals surface area contributed by atoms with Crippen LogP contribution in [0.15, 0.2) is 66.8 Å². The molecule has 0 aromatic heterocycles. The SMILES string of the molecule is Cc1ccc(C2=CC(C)C(C(=O)c3ccccc3)C=C2)cc1C. The fourth-order valence-electron chi connectivity index (χ4n) is 3.06. The number of hydrogen-bond acceptors (Lipinski definition) is 1. The van der Waals surface area contributed by atoms with Crippen LogP contribution in [-0.4, -0.2) is 5.78 Å². The van der Waals surface area contributed by atoms with Gasteiger partial charge in [-0.2, -0.15) is 0 Å². The molecule has 0 aliphatic heterocycles. The van der Waals surface area contributed by atoms with Crippen LogP contribution in [-0.2, 0) is 0 Å². The topological polar surface area (TPSA) is 17.1 Å². The zero-order valence-corrected chi connectivity index (χ0v) is 13.9. The van der Waals surface area contributed by atoms with E-state index in [0.29, 0.717) is 0 Å². The Hall–Kier alpha value is -2.41. The molecule has 0 saturated carbocycles. The minimum absolute atomic E-state index is 0.0762. The second kappa shape index (κ2) is 6.37. The van der Waals surface area contributed by atoms with E-state index in [0.717, 1.165) is 5.56 Å². The van der Waals surface area contributed by atoms with Crippen molar-refractivity contribution in [3.63, 3.8) is 0 Å². The van der Waals surface area contributed by atoms with Gasteiger partial charge in [-0.25, -0.2) is 0 Å². The lowest BCUT2D eigenvalue weighted by Crippen LogP contribution is -2.21. The van der Waals surface area contributed by atoms with Crippen molar-refractivity contribution in [3.05, 3.63) is 89.0 Å². The highest BCUT2D eigenvalue weighted by atomic mass is 16.1. The third-order valence-electron chi connectivity index (χ3n) is 4.69. The molecule has 0 bridgehead atoms. The molecule has 0 spiro atoms. The molecule has 3 rings (SSSR count). The predicted molar refractivity (Wildman–Crippen MR) is 96.5 cm³/mol. The highest BCUT2D eigenvalue weighted by Crippen LogP contribution is 2.31. The first-order valence-corrected chi connectivity index (χ1v) is 8.13. The van der Waals surface area contributed by atoms with Crippen molar-refractivity contribution in [3.8, 4) is 0 Å². The molecule has 2 atom stereocenters. The Labute approximate surface area is 138 Å². The molecule has 1 aliphatic carbocycles. The molecule has 0 fully saturated rings. The summed E-state index contributed by atoms with van der Waals surface area (Å²) in [6.45, 7) is 6.38. The van der Waals surface area contributed by atoms with Crippen LogP contribution in [0, 0.1) is 25.7 Å². The maximum absolute atomic E-state index is 12.7. The van der Waals surface area contributed by atoms with E-state index in [9.17, 15) is 4.79 Å². The maximum atomic E-state index is 12.7. The fraction of sp³-hybridized carbons (Fsp3) is 0.227. The molecule has 1 aliphatic rings. The second-order valence-corrected chi connectivity index (χ2v) is 6.40. The van der Waals surface area contributed by atoms with Crippen molar-refractivity contribution in [2.45, 2.75) is 20.8 Å². The van der Waals surface area contributed by atoms with Gasteiger partial charge in [0, 0.05) is 11.5 Å². The smallest absolute Gasteiger partial charge is 0.170 e. The van der Waals surface area contributed by atoms with Gasteiger partial charge >= 0.3 is 0 Å². The Morgan fingerprint density at radius 1 is 0.957 bits per heavy atom. The van der Waals surface area contributed by atoms with E-state index in [1.807, 2.05) is 30.3 Å². The summed E-state index contributed by atoms with van der Waals surface area (Å²) >= 11 is 0. The van der Waals surface area contributed by atoms with Crippen LogP contribution in [0.3, 0.4) is 0 Å². The van der Waals surface area contributed by atoms with Crippen molar-refractivity contribution in [1.82, 2.24) is 0 Å². The van der Waals surface area contributed by atoms with Crippen LogP contribution in [0.4, 0.5) is 0 Å². The Morgan fingerprint density at radius 2 is 1.70 bits per heavy atom. The van der Waals surface area contributed by atoms with Gasteiger partial charge in [-0.05, 0) is 42.0 Å². The first-order chi connectivity index (χ1) is 11.1. The average Bonchev–Trinajstić information content (AvgIpc) is 2.57. The monoisotopic (exact) mass is 302 g/mol. The van der Waals surface area contributed by atoms with Gasteiger partial charge in [0.2, 0.25) is 0 Å². The van der Waals surface area contributed by atoms with Gasteiger partial charge in [-0.3, -0.25) is 4.79 Å². The normalized spacial score (nSPS) is 20.2. The lowest BCUT2D eigenvalue weighted by molar-refractivity contribution is 0.0926. The van der Waals surface area contributed by atoms with Gasteiger partial charge in [0.15, 0.2) is 5.78 Å². The van der Waals surface area contributed by atoms with Crippen LogP contribution in [0.2, 0.25) is 0 Å². The summed E-state index contributed by atoms with van der Waals surface area (Å²) in [5.74, 6) is 0.321. The summed E-state index contributed by atoms with van der Waals surface area (Å²) in [6.07, 6.45) is 6.37. The number of carbonyl (C=O) groups is 1. The van der Waals surface area contributed by atoms with Crippen LogP contribution in [0.5, 0.6) is 0 Å². The third-order valence-corrected chi connectivity index (χ3v) is 4.69. The molecule has 0 amide bonds. The molecule has 0 radical (unpaired) electrons. The van der Waals surface area contributed by atoms with Crippen LogP contribution >= 0.6 is 0 Å². The third kappa shape index (κ3) is 3.19. The van der Waals surface area contributed by atoms with Crippen LogP contribution in [0.1, 0.15) is 34.0 Å². The van der Waals surface area contributed by atoms with Crippen LogP contribution < -0.4 is 0 Å². The molecule has 116 valence electrons. The zero-order valence-electron chi connectivity index (χ0n) is 13.9. The molecule has 1 heteroatoms. The summed E-state index contributed by atoms with van der Waals surface area (Å²) < 4.78 is 0. The zero-order chi connectivity index (χ0) is 16.4. The van der Waals surface area contributed by atoms with Gasteiger partial charge in [0.05, 0.1) is 0 Å². The number of ketones is 1. The van der Waals surface area contributed by atoms with E-state index < -0.39 is 0 Å². The Bertz CT molecular complexity index is 781. The number of benzene rings is 2. The van der Waals surface area contributed by atoms with Crippen molar-refractivity contribution in [1.29, 1.82) is 0 Å². The molecule has 1 nitrogen and oxygen atoms in total. The standard InChI is InChI=1S/C22H22O/c1-15-9-10-19(13-16(15)2)20-11-12-21(17(3)14-20)22(23)18-7-5-4-6-8-18/h4-14,17,21H,1-3H3. The molecule has 0 heterocycles. The molecule has 0 saturated heterocycles. The van der Waals surface area contributed by atoms with Gasteiger partial charge in [-0.1, -0.05) is 73.7 Å². The van der Waals surface area contributed by atoms with Gasteiger partial charge in [-0.15, -0.1) is 0 Å². The highest BCUT2D eigenvalue weighted by molar-refractivity contribution is 6.00. The minimum atomic E-state index is -0.0762. The quantitative estimate of drug-likeness (QED) is 0.695. The molecule has 2 aromatic carbocycles. The predicted octanol–water partition coefficient (Wildman–Crippen LogP) is 5.39. The van der Waals surface area contributed by atoms with E-state index >= 15 is 0 Å². The molecule has 0 N–H and O–H groups in total. The molecular formula is C22H22O. The molecular weight excluding hydrogens is 280 g/mol. The summed E-state index contributed by atoms with van der Waals surface area (Å²) in [5.41, 5.74) is 5.82. The van der Waals surface area contributed by atoms with Gasteiger partial charge < -0.3 is 0 Å². The average molecular weight is 302 g/mol. The Balaban J connectivity index is 1.84.